The normalized spacial score (nSPS) is 17.3. The number of fused-ring (bicyclic) bond motifs is 1. The van der Waals surface area contributed by atoms with Gasteiger partial charge >= 0.3 is 0 Å². The van der Waals surface area contributed by atoms with Gasteiger partial charge < -0.3 is 10.2 Å². The molecule has 132 valence electrons. The quantitative estimate of drug-likeness (QED) is 0.783. The number of anilines is 2. The van der Waals surface area contributed by atoms with E-state index in [1.807, 2.05) is 31.2 Å². The van der Waals surface area contributed by atoms with Gasteiger partial charge in [-0.25, -0.2) is 15.0 Å². The topological polar surface area (TPSA) is 83.9 Å². The minimum Gasteiger partial charge on any atom is -0.356 e. The largest absolute Gasteiger partial charge is 0.356 e. The number of carbonyl (C=O) groups excluding carboxylic acids is 1. The third kappa shape index (κ3) is 3.33. The van der Waals surface area contributed by atoms with Gasteiger partial charge in [-0.2, -0.15) is 0 Å². The number of amides is 1. The Balaban J connectivity index is 1.49. The number of rotatable bonds is 3. The maximum Gasteiger partial charge on any atom is 0.230 e. The van der Waals surface area contributed by atoms with Crippen LogP contribution in [0.5, 0.6) is 0 Å². The average molecular weight is 348 g/mol. The van der Waals surface area contributed by atoms with Crippen LogP contribution in [0.2, 0.25) is 0 Å². The molecule has 4 heterocycles. The smallest absolute Gasteiger partial charge is 0.230 e. The minimum atomic E-state index is -0.0930. The van der Waals surface area contributed by atoms with Gasteiger partial charge in [-0.05, 0) is 43.5 Å². The van der Waals surface area contributed by atoms with Gasteiger partial charge in [0.25, 0.3) is 0 Å². The second kappa shape index (κ2) is 7.03. The van der Waals surface area contributed by atoms with E-state index in [-0.39, 0.29) is 11.8 Å². The monoisotopic (exact) mass is 348 g/mol. The molecule has 0 aliphatic carbocycles. The fraction of sp³-hybridized carbons (Fsp3) is 0.316. The number of piperidine rings is 1. The van der Waals surface area contributed by atoms with Crippen LogP contribution in [0.1, 0.15) is 18.4 Å². The lowest BCUT2D eigenvalue weighted by Crippen LogP contribution is -2.41. The molecule has 1 atom stereocenters. The molecule has 0 aromatic carbocycles. The van der Waals surface area contributed by atoms with Crippen molar-refractivity contribution in [1.82, 2.24) is 19.9 Å². The van der Waals surface area contributed by atoms with Gasteiger partial charge in [0.05, 0.1) is 5.92 Å². The van der Waals surface area contributed by atoms with Crippen molar-refractivity contribution in [3.63, 3.8) is 0 Å². The summed E-state index contributed by atoms with van der Waals surface area (Å²) in [7, 11) is 0. The molecule has 4 rings (SSSR count). The van der Waals surface area contributed by atoms with Gasteiger partial charge in [0.1, 0.15) is 17.2 Å². The van der Waals surface area contributed by atoms with Crippen molar-refractivity contribution < 1.29 is 4.79 Å². The van der Waals surface area contributed by atoms with Crippen LogP contribution in [-0.4, -0.2) is 38.9 Å². The number of aryl methyl sites for hydroxylation is 1. The Hall–Kier alpha value is -3.09. The molecule has 7 nitrogen and oxygen atoms in total. The Morgan fingerprint density at radius 2 is 2.04 bits per heavy atom. The van der Waals surface area contributed by atoms with Crippen LogP contribution in [0.15, 0.2) is 42.9 Å². The molecular formula is C19H20N6O. The molecule has 0 bridgehead atoms. The molecule has 7 heteroatoms. The van der Waals surface area contributed by atoms with Gasteiger partial charge in [-0.15, -0.1) is 0 Å². The highest BCUT2D eigenvalue weighted by Crippen LogP contribution is 2.24. The first-order valence-corrected chi connectivity index (χ1v) is 8.76. The molecule has 26 heavy (non-hydrogen) atoms. The van der Waals surface area contributed by atoms with Crippen molar-refractivity contribution in [1.29, 1.82) is 0 Å². The molecule has 1 saturated heterocycles. The zero-order valence-electron chi connectivity index (χ0n) is 14.6. The number of nitrogens with one attached hydrogen (secondary N) is 1. The molecule has 0 radical (unpaired) electrons. The van der Waals surface area contributed by atoms with E-state index < -0.39 is 0 Å². The molecule has 0 spiro atoms. The molecule has 0 unspecified atom stereocenters. The molecular weight excluding hydrogens is 328 g/mol. The summed E-state index contributed by atoms with van der Waals surface area (Å²) in [6.07, 6.45) is 6.79. The summed E-state index contributed by atoms with van der Waals surface area (Å²) in [6.45, 7) is 3.46. The zero-order valence-corrected chi connectivity index (χ0v) is 14.6. The minimum absolute atomic E-state index is 0.0112. The molecule has 1 N–H and O–H groups in total. The van der Waals surface area contributed by atoms with Crippen LogP contribution in [0.4, 0.5) is 11.6 Å². The Morgan fingerprint density at radius 1 is 1.15 bits per heavy atom. The number of aromatic nitrogens is 4. The maximum atomic E-state index is 12.7. The van der Waals surface area contributed by atoms with Gasteiger partial charge in [-0.3, -0.25) is 9.78 Å². The van der Waals surface area contributed by atoms with Crippen molar-refractivity contribution in [3.05, 3.63) is 48.4 Å². The summed E-state index contributed by atoms with van der Waals surface area (Å²) in [5, 5.41) is 2.96. The van der Waals surface area contributed by atoms with Crippen LogP contribution in [0.3, 0.4) is 0 Å². The number of pyridine rings is 2. The number of carbonyl (C=O) groups is 1. The van der Waals surface area contributed by atoms with Crippen molar-refractivity contribution in [2.45, 2.75) is 19.8 Å². The van der Waals surface area contributed by atoms with Crippen molar-refractivity contribution in [2.24, 2.45) is 5.92 Å². The summed E-state index contributed by atoms with van der Waals surface area (Å²) in [6, 6.07) is 7.67. The molecule has 1 fully saturated rings. The summed E-state index contributed by atoms with van der Waals surface area (Å²) in [4.78, 5) is 32.2. The van der Waals surface area contributed by atoms with Crippen molar-refractivity contribution in [2.75, 3.05) is 23.3 Å². The van der Waals surface area contributed by atoms with Crippen LogP contribution in [0, 0.1) is 12.8 Å². The van der Waals surface area contributed by atoms with E-state index >= 15 is 0 Å². The molecule has 0 saturated carbocycles. The number of hydrogen-bond acceptors (Lipinski definition) is 6. The fourth-order valence-electron chi connectivity index (χ4n) is 3.26. The first-order chi connectivity index (χ1) is 12.7. The van der Waals surface area contributed by atoms with E-state index in [2.05, 4.69) is 30.2 Å². The Bertz CT molecular complexity index is 944. The predicted molar refractivity (Wildman–Crippen MR) is 99.9 cm³/mol. The molecule has 3 aromatic heterocycles. The molecule has 1 aliphatic rings. The van der Waals surface area contributed by atoms with E-state index in [0.29, 0.717) is 18.0 Å². The second-order valence-electron chi connectivity index (χ2n) is 6.51. The summed E-state index contributed by atoms with van der Waals surface area (Å²) in [5.74, 6) is 1.39. The number of nitrogens with zero attached hydrogens (tertiary/aromatic N) is 5. The summed E-state index contributed by atoms with van der Waals surface area (Å²) < 4.78 is 0. The highest BCUT2D eigenvalue weighted by atomic mass is 16.2. The fourth-order valence-corrected chi connectivity index (χ4v) is 3.26. The Morgan fingerprint density at radius 3 is 2.92 bits per heavy atom. The SMILES string of the molecule is Cc1cccnc1NC(=O)[C@H]1CCCN(c2ccc3nccnc3n2)C1. The van der Waals surface area contributed by atoms with Crippen molar-refractivity contribution >= 4 is 28.7 Å². The average Bonchev–Trinajstić information content (AvgIpc) is 2.69. The predicted octanol–water partition coefficient (Wildman–Crippen LogP) is 2.58. The van der Waals surface area contributed by atoms with Gasteiger partial charge in [0, 0.05) is 31.7 Å². The Kier molecular flexibility index (Phi) is 4.43. The van der Waals surface area contributed by atoms with Crippen molar-refractivity contribution in [3.8, 4) is 0 Å². The van der Waals surface area contributed by atoms with E-state index in [1.54, 1.807) is 18.6 Å². The van der Waals surface area contributed by atoms with Gasteiger partial charge in [0.15, 0.2) is 5.65 Å². The standard InChI is InChI=1S/C19H20N6O/c1-13-4-2-8-21-17(13)24-19(26)14-5-3-11-25(12-14)16-7-6-15-18(23-16)22-10-9-20-15/h2,4,6-10,14H,3,5,11-12H2,1H3,(H,21,24,26)/t14-/m0/s1. The summed E-state index contributed by atoms with van der Waals surface area (Å²) >= 11 is 0. The first kappa shape index (κ1) is 16.4. The summed E-state index contributed by atoms with van der Waals surface area (Å²) in [5.41, 5.74) is 2.36. The van der Waals surface area contributed by atoms with Crippen LogP contribution >= 0.6 is 0 Å². The lowest BCUT2D eigenvalue weighted by atomic mass is 9.97. The molecule has 1 amide bonds. The van der Waals surface area contributed by atoms with E-state index in [0.717, 1.165) is 36.3 Å². The number of hydrogen-bond donors (Lipinski definition) is 1. The third-order valence-corrected chi connectivity index (χ3v) is 4.68. The van der Waals surface area contributed by atoms with E-state index in [4.69, 9.17) is 0 Å². The van der Waals surface area contributed by atoms with Gasteiger partial charge in [-0.1, -0.05) is 6.07 Å². The highest BCUT2D eigenvalue weighted by Gasteiger charge is 2.27. The lowest BCUT2D eigenvalue weighted by molar-refractivity contribution is -0.120. The molecule has 1 aliphatic heterocycles. The van der Waals surface area contributed by atoms with Gasteiger partial charge in [0.2, 0.25) is 5.91 Å². The highest BCUT2D eigenvalue weighted by molar-refractivity contribution is 5.92. The maximum absolute atomic E-state index is 12.7. The third-order valence-electron chi connectivity index (χ3n) is 4.68. The Labute approximate surface area is 151 Å². The van der Waals surface area contributed by atoms with E-state index in [1.165, 1.54) is 0 Å². The van der Waals surface area contributed by atoms with E-state index in [9.17, 15) is 4.79 Å². The first-order valence-electron chi connectivity index (χ1n) is 8.76. The van der Waals surface area contributed by atoms with Crippen LogP contribution in [0.25, 0.3) is 11.2 Å². The van der Waals surface area contributed by atoms with Crippen LogP contribution in [-0.2, 0) is 4.79 Å². The zero-order chi connectivity index (χ0) is 17.9. The van der Waals surface area contributed by atoms with Crippen LogP contribution < -0.4 is 10.2 Å². The lowest BCUT2D eigenvalue weighted by Gasteiger charge is -2.32. The molecule has 3 aromatic rings. The second-order valence-corrected chi connectivity index (χ2v) is 6.51.